The number of guanidine groups is 1. The van der Waals surface area contributed by atoms with Crippen molar-refractivity contribution in [3.05, 3.63) is 87.8 Å². The highest BCUT2D eigenvalue weighted by Gasteiger charge is 2.29. The van der Waals surface area contributed by atoms with Crippen molar-refractivity contribution in [3.63, 3.8) is 0 Å². The van der Waals surface area contributed by atoms with Crippen LogP contribution < -0.4 is 10.9 Å². The molecule has 1 N–H and O–H groups in total. The fourth-order valence-electron chi connectivity index (χ4n) is 4.69. The minimum atomic E-state index is -0.421. The summed E-state index contributed by atoms with van der Waals surface area (Å²) in [5.74, 6) is 2.05. The van der Waals surface area contributed by atoms with Crippen LogP contribution in [0.1, 0.15) is 35.8 Å². The zero-order chi connectivity index (χ0) is 22.8. The lowest BCUT2D eigenvalue weighted by Gasteiger charge is -2.37. The number of nitrogens with zero attached hydrogens (tertiary/aromatic N) is 4. The topological polar surface area (TPSA) is 62.5 Å². The quantitative estimate of drug-likeness (QED) is 0.580. The van der Waals surface area contributed by atoms with Gasteiger partial charge in [0.1, 0.15) is 0 Å². The largest absolute Gasteiger partial charge is 0.343 e. The van der Waals surface area contributed by atoms with Crippen LogP contribution in [0.25, 0.3) is 0 Å². The van der Waals surface area contributed by atoms with Gasteiger partial charge in [0.15, 0.2) is 6.17 Å². The van der Waals surface area contributed by atoms with E-state index >= 15 is 0 Å². The smallest absolute Gasteiger partial charge is 0.257 e. The van der Waals surface area contributed by atoms with Gasteiger partial charge >= 0.3 is 0 Å². The number of thioether (sulfide) groups is 1. The molecule has 0 aliphatic carbocycles. The summed E-state index contributed by atoms with van der Waals surface area (Å²) in [5, 5.41) is 3.36. The predicted octanol–water partition coefficient (Wildman–Crippen LogP) is 4.56. The van der Waals surface area contributed by atoms with Gasteiger partial charge in [-0.3, -0.25) is 14.7 Å². The number of aromatic nitrogens is 2. The first-order valence-corrected chi connectivity index (χ1v) is 12.7. The minimum Gasteiger partial charge on any atom is -0.343 e. The molecule has 2 aliphatic rings. The Morgan fingerprint density at radius 3 is 2.48 bits per heavy atom. The third-order valence-corrected chi connectivity index (χ3v) is 7.23. The maximum Gasteiger partial charge on any atom is 0.257 e. The number of aliphatic imine (C=N–C) groups is 1. The molecule has 1 aromatic heterocycles. The van der Waals surface area contributed by atoms with Crippen LogP contribution in [0, 0.1) is 12.8 Å². The summed E-state index contributed by atoms with van der Waals surface area (Å²) >= 11 is 1.70. The second-order valence-electron chi connectivity index (χ2n) is 8.77. The molecule has 3 aromatic rings. The molecule has 3 heterocycles. The van der Waals surface area contributed by atoms with Crippen LogP contribution in [-0.2, 0) is 6.42 Å². The number of benzene rings is 2. The van der Waals surface area contributed by atoms with E-state index in [1.54, 1.807) is 22.4 Å². The van der Waals surface area contributed by atoms with Crippen molar-refractivity contribution in [1.82, 2.24) is 14.5 Å². The first-order valence-electron chi connectivity index (χ1n) is 11.5. The monoisotopic (exact) mass is 459 g/mol. The number of piperidine rings is 1. The molecule has 2 aliphatic heterocycles. The SMILES string of the molecule is CSc1ccc(C2N=C(N3CCC(Cc4ccccc4)CC3)Nc3nc(C)cc(=O)n32)cc1. The molecule has 1 saturated heterocycles. The van der Waals surface area contributed by atoms with E-state index in [9.17, 15) is 4.79 Å². The molecule has 1 unspecified atom stereocenters. The molecule has 1 fully saturated rings. The number of rotatable bonds is 4. The number of anilines is 1. The van der Waals surface area contributed by atoms with Crippen LogP contribution in [-0.4, -0.2) is 39.8 Å². The zero-order valence-electron chi connectivity index (χ0n) is 19.1. The van der Waals surface area contributed by atoms with Crippen LogP contribution in [0.5, 0.6) is 0 Å². The van der Waals surface area contributed by atoms with E-state index in [1.807, 2.05) is 6.92 Å². The standard InChI is InChI=1S/C26H29N5OS/c1-18-16-23(32)31-24(21-8-10-22(33-2)11-9-21)28-25(29-26(31)27-18)30-14-12-20(13-15-30)17-19-6-4-3-5-7-19/h3-11,16,20,24H,12-15,17H2,1-2H3,(H,27,28,29). The molecule has 6 nitrogen and oxygen atoms in total. The van der Waals surface area contributed by atoms with Crippen LogP contribution in [0.2, 0.25) is 0 Å². The van der Waals surface area contributed by atoms with Crippen molar-refractivity contribution < 1.29 is 0 Å². The molecule has 0 amide bonds. The maximum atomic E-state index is 12.9. The van der Waals surface area contributed by atoms with Gasteiger partial charge in [0.05, 0.1) is 0 Å². The normalized spacial score (nSPS) is 18.4. The van der Waals surface area contributed by atoms with Crippen molar-refractivity contribution in [2.24, 2.45) is 10.9 Å². The molecule has 0 saturated carbocycles. The van der Waals surface area contributed by atoms with E-state index in [4.69, 9.17) is 4.99 Å². The van der Waals surface area contributed by atoms with Gasteiger partial charge in [-0.15, -0.1) is 11.8 Å². The maximum absolute atomic E-state index is 12.9. The lowest BCUT2D eigenvalue weighted by Crippen LogP contribution is -2.46. The molecular formula is C26H29N5OS. The average Bonchev–Trinajstić information content (AvgIpc) is 2.84. The molecule has 33 heavy (non-hydrogen) atoms. The van der Waals surface area contributed by atoms with Crippen molar-refractivity contribution in [3.8, 4) is 0 Å². The van der Waals surface area contributed by atoms with Gasteiger partial charge in [0.25, 0.3) is 5.56 Å². The fourth-order valence-corrected chi connectivity index (χ4v) is 5.10. The van der Waals surface area contributed by atoms with E-state index in [0.29, 0.717) is 17.6 Å². The minimum absolute atomic E-state index is 0.0895. The Labute approximate surface area is 198 Å². The Hall–Kier alpha value is -3.06. The summed E-state index contributed by atoms with van der Waals surface area (Å²) in [6, 6.07) is 20.6. The van der Waals surface area contributed by atoms with Gasteiger partial charge in [0.2, 0.25) is 11.9 Å². The number of nitrogens with one attached hydrogen (secondary N) is 1. The molecule has 5 rings (SSSR count). The number of hydrogen-bond acceptors (Lipinski definition) is 6. The van der Waals surface area contributed by atoms with E-state index < -0.39 is 6.17 Å². The van der Waals surface area contributed by atoms with Gasteiger partial charge < -0.3 is 4.90 Å². The van der Waals surface area contributed by atoms with E-state index in [1.165, 1.54) is 10.5 Å². The van der Waals surface area contributed by atoms with Gasteiger partial charge in [0, 0.05) is 29.7 Å². The Kier molecular flexibility index (Phi) is 6.22. The summed E-state index contributed by atoms with van der Waals surface area (Å²) < 4.78 is 1.66. The molecule has 2 aromatic carbocycles. The van der Waals surface area contributed by atoms with E-state index in [-0.39, 0.29) is 5.56 Å². The van der Waals surface area contributed by atoms with Gasteiger partial charge in [-0.05, 0) is 61.6 Å². The number of fused-ring (bicyclic) bond motifs is 1. The number of likely N-dealkylation sites (tertiary alicyclic amines) is 1. The van der Waals surface area contributed by atoms with Crippen LogP contribution in [0.4, 0.5) is 5.95 Å². The lowest BCUT2D eigenvalue weighted by atomic mass is 9.90. The third-order valence-electron chi connectivity index (χ3n) is 6.49. The molecule has 0 radical (unpaired) electrons. The van der Waals surface area contributed by atoms with Crippen LogP contribution in [0.15, 0.2) is 75.3 Å². The van der Waals surface area contributed by atoms with Crippen LogP contribution >= 0.6 is 11.8 Å². The zero-order valence-corrected chi connectivity index (χ0v) is 19.9. The Balaban J connectivity index is 1.39. The number of aryl methyl sites for hydroxylation is 1. The molecule has 0 bridgehead atoms. The first-order chi connectivity index (χ1) is 16.1. The second-order valence-corrected chi connectivity index (χ2v) is 9.65. The first kappa shape index (κ1) is 21.8. The van der Waals surface area contributed by atoms with E-state index in [2.05, 4.69) is 76.1 Å². The van der Waals surface area contributed by atoms with Gasteiger partial charge in [-0.1, -0.05) is 42.5 Å². The summed E-state index contributed by atoms with van der Waals surface area (Å²) in [5.41, 5.74) is 3.01. The van der Waals surface area contributed by atoms with E-state index in [0.717, 1.165) is 43.9 Å². The second kappa shape index (κ2) is 9.43. The van der Waals surface area contributed by atoms with Gasteiger partial charge in [-0.2, -0.15) is 0 Å². The molecular weight excluding hydrogens is 430 g/mol. The highest BCUT2D eigenvalue weighted by Crippen LogP contribution is 2.29. The fraction of sp³-hybridized carbons (Fsp3) is 0.346. The summed E-state index contributed by atoms with van der Waals surface area (Å²) in [7, 11) is 0. The predicted molar refractivity (Wildman–Crippen MR) is 135 cm³/mol. The lowest BCUT2D eigenvalue weighted by molar-refractivity contribution is 0.262. The summed E-state index contributed by atoms with van der Waals surface area (Å²) in [4.78, 5) is 26.0. The van der Waals surface area contributed by atoms with Crippen molar-refractivity contribution in [2.75, 3.05) is 24.7 Å². The van der Waals surface area contributed by atoms with Gasteiger partial charge in [-0.25, -0.2) is 9.98 Å². The highest BCUT2D eigenvalue weighted by molar-refractivity contribution is 7.98. The summed E-state index contributed by atoms with van der Waals surface area (Å²) in [6.07, 6.45) is 5.00. The molecule has 0 spiro atoms. The summed E-state index contributed by atoms with van der Waals surface area (Å²) in [6.45, 7) is 3.74. The highest BCUT2D eigenvalue weighted by atomic mass is 32.2. The Bertz CT molecular complexity index is 1200. The molecule has 170 valence electrons. The molecule has 1 atom stereocenters. The Morgan fingerprint density at radius 2 is 1.79 bits per heavy atom. The third kappa shape index (κ3) is 4.69. The average molecular weight is 460 g/mol. The van der Waals surface area contributed by atoms with Crippen molar-refractivity contribution in [1.29, 1.82) is 0 Å². The van der Waals surface area contributed by atoms with Crippen molar-refractivity contribution in [2.45, 2.75) is 37.2 Å². The van der Waals surface area contributed by atoms with Crippen molar-refractivity contribution >= 4 is 23.7 Å². The Morgan fingerprint density at radius 1 is 1.06 bits per heavy atom. The van der Waals surface area contributed by atoms with Crippen LogP contribution in [0.3, 0.4) is 0 Å². The number of hydrogen-bond donors (Lipinski definition) is 1. The molecule has 7 heteroatoms.